The molecule has 1 aliphatic heterocycles. The third-order valence-corrected chi connectivity index (χ3v) is 5.53. The Labute approximate surface area is 171 Å². The van der Waals surface area contributed by atoms with Gasteiger partial charge in [-0.1, -0.05) is 6.07 Å². The van der Waals surface area contributed by atoms with Gasteiger partial charge in [0, 0.05) is 24.6 Å². The van der Waals surface area contributed by atoms with Crippen molar-refractivity contribution in [1.29, 1.82) is 0 Å². The highest BCUT2D eigenvalue weighted by Gasteiger charge is 2.18. The molecule has 3 rings (SSSR count). The predicted molar refractivity (Wildman–Crippen MR) is 116 cm³/mol. The van der Waals surface area contributed by atoms with Crippen LogP contribution in [0.5, 0.6) is 11.5 Å². The molecule has 25 heavy (non-hydrogen) atoms. The van der Waals surface area contributed by atoms with E-state index in [1.807, 2.05) is 30.0 Å². The van der Waals surface area contributed by atoms with Crippen molar-refractivity contribution < 1.29 is 9.47 Å². The number of halogens is 1. The van der Waals surface area contributed by atoms with E-state index in [0.29, 0.717) is 18.6 Å². The van der Waals surface area contributed by atoms with Crippen LogP contribution < -0.4 is 15.2 Å². The number of nitrogens with two attached hydrogens (primary N) is 1. The van der Waals surface area contributed by atoms with Gasteiger partial charge in [-0.25, -0.2) is 4.99 Å². The highest BCUT2D eigenvalue weighted by atomic mass is 127. The first-order valence-electron chi connectivity index (χ1n) is 8.72. The van der Waals surface area contributed by atoms with Gasteiger partial charge in [0.1, 0.15) is 0 Å². The van der Waals surface area contributed by atoms with Gasteiger partial charge >= 0.3 is 0 Å². The highest BCUT2D eigenvalue weighted by molar-refractivity contribution is 14.0. The molecule has 1 saturated carbocycles. The smallest absolute Gasteiger partial charge is 0.191 e. The summed E-state index contributed by atoms with van der Waals surface area (Å²) in [4.78, 5) is 6.72. The molecule has 0 spiro atoms. The second kappa shape index (κ2) is 10.4. The highest BCUT2D eigenvalue weighted by Crippen LogP contribution is 2.32. The largest absolute Gasteiger partial charge is 0.493 e. The van der Waals surface area contributed by atoms with Gasteiger partial charge < -0.3 is 20.1 Å². The minimum Gasteiger partial charge on any atom is -0.493 e. The van der Waals surface area contributed by atoms with Crippen LogP contribution in [0.3, 0.4) is 0 Å². The van der Waals surface area contributed by atoms with Gasteiger partial charge in [0.15, 0.2) is 17.5 Å². The number of guanidine groups is 1. The lowest BCUT2D eigenvalue weighted by molar-refractivity contribution is 0.200. The zero-order chi connectivity index (χ0) is 16.8. The van der Waals surface area contributed by atoms with Crippen molar-refractivity contribution in [2.75, 3.05) is 31.7 Å². The summed E-state index contributed by atoms with van der Waals surface area (Å²) in [5.74, 6) is 4.50. The number of rotatable bonds is 5. The summed E-state index contributed by atoms with van der Waals surface area (Å²) in [5, 5.41) is 0. The molecule has 1 aliphatic carbocycles. The maximum atomic E-state index is 6.14. The van der Waals surface area contributed by atoms with Gasteiger partial charge in [-0.15, -0.1) is 24.0 Å². The van der Waals surface area contributed by atoms with Gasteiger partial charge in [-0.2, -0.15) is 11.8 Å². The second-order valence-electron chi connectivity index (χ2n) is 6.28. The van der Waals surface area contributed by atoms with Gasteiger partial charge in [0.25, 0.3) is 0 Å². The molecule has 5 nitrogen and oxygen atoms in total. The number of hydrogen-bond acceptors (Lipinski definition) is 4. The molecule has 1 saturated heterocycles. The van der Waals surface area contributed by atoms with E-state index in [-0.39, 0.29) is 24.0 Å². The van der Waals surface area contributed by atoms with Crippen LogP contribution in [-0.4, -0.2) is 48.7 Å². The van der Waals surface area contributed by atoms with Crippen molar-refractivity contribution in [3.8, 4) is 11.5 Å². The van der Waals surface area contributed by atoms with Crippen molar-refractivity contribution >= 4 is 41.7 Å². The molecule has 0 bridgehead atoms. The van der Waals surface area contributed by atoms with Crippen LogP contribution in [0, 0.1) is 0 Å². The number of benzene rings is 1. The Morgan fingerprint density at radius 3 is 2.64 bits per heavy atom. The molecule has 1 heterocycles. The third kappa shape index (κ3) is 5.84. The van der Waals surface area contributed by atoms with Crippen molar-refractivity contribution in [2.45, 2.75) is 38.3 Å². The molecule has 7 heteroatoms. The number of ether oxygens (including phenoxy) is 2. The third-order valence-electron chi connectivity index (χ3n) is 4.58. The average molecular weight is 477 g/mol. The standard InChI is InChI=1S/C18H27N3O2S.HI/c1-22-16-7-6-14(12-17(16)23-15-4-2-3-5-15)13-20-18(19)21-8-10-24-11-9-21;/h6-7,12,15H,2-5,8-11,13H2,1H3,(H2,19,20);1H. The number of aliphatic imine (C=N–C) groups is 1. The molecule has 140 valence electrons. The molecule has 1 aromatic carbocycles. The maximum Gasteiger partial charge on any atom is 0.191 e. The van der Waals surface area contributed by atoms with Crippen LogP contribution in [0.1, 0.15) is 31.2 Å². The van der Waals surface area contributed by atoms with Gasteiger partial charge in [-0.3, -0.25) is 0 Å². The van der Waals surface area contributed by atoms with Crippen molar-refractivity contribution in [3.05, 3.63) is 23.8 Å². The van der Waals surface area contributed by atoms with E-state index >= 15 is 0 Å². The monoisotopic (exact) mass is 477 g/mol. The Kier molecular flexibility index (Phi) is 8.48. The Morgan fingerprint density at radius 2 is 1.96 bits per heavy atom. The van der Waals surface area contributed by atoms with E-state index in [9.17, 15) is 0 Å². The van der Waals surface area contributed by atoms with Crippen LogP contribution >= 0.6 is 35.7 Å². The molecule has 2 N–H and O–H groups in total. The van der Waals surface area contributed by atoms with Crippen LogP contribution in [0.2, 0.25) is 0 Å². The van der Waals surface area contributed by atoms with Crippen molar-refractivity contribution in [3.63, 3.8) is 0 Å². The normalized spacial score (nSPS) is 18.8. The summed E-state index contributed by atoms with van der Waals surface area (Å²) >= 11 is 1.97. The first-order chi connectivity index (χ1) is 11.8. The van der Waals surface area contributed by atoms with Crippen LogP contribution in [-0.2, 0) is 6.54 Å². The minimum atomic E-state index is 0. The Bertz CT molecular complexity index is 573. The predicted octanol–water partition coefficient (Wildman–Crippen LogP) is 3.50. The Morgan fingerprint density at radius 1 is 1.24 bits per heavy atom. The zero-order valence-electron chi connectivity index (χ0n) is 14.8. The van der Waals surface area contributed by atoms with Crippen molar-refractivity contribution in [1.82, 2.24) is 4.90 Å². The van der Waals surface area contributed by atoms with E-state index in [1.54, 1.807) is 7.11 Å². The van der Waals surface area contributed by atoms with Crippen molar-refractivity contribution in [2.24, 2.45) is 10.7 Å². The summed E-state index contributed by atoms with van der Waals surface area (Å²) in [5.41, 5.74) is 7.23. The molecule has 0 radical (unpaired) electrons. The number of nitrogens with zero attached hydrogens (tertiary/aromatic N) is 2. The number of methoxy groups -OCH3 is 1. The lowest BCUT2D eigenvalue weighted by Crippen LogP contribution is -2.42. The van der Waals surface area contributed by atoms with Gasteiger partial charge in [0.2, 0.25) is 0 Å². The molecule has 2 aliphatic rings. The Balaban J connectivity index is 0.00000225. The molecular weight excluding hydrogens is 449 g/mol. The minimum absolute atomic E-state index is 0. The maximum absolute atomic E-state index is 6.14. The summed E-state index contributed by atoms with van der Waals surface area (Å²) in [6.45, 7) is 2.54. The average Bonchev–Trinajstić information content (AvgIpc) is 3.13. The number of hydrogen-bond donors (Lipinski definition) is 1. The van der Waals surface area contributed by atoms with E-state index in [1.165, 1.54) is 12.8 Å². The summed E-state index contributed by atoms with van der Waals surface area (Å²) in [6.07, 6.45) is 5.08. The lowest BCUT2D eigenvalue weighted by atomic mass is 10.2. The summed E-state index contributed by atoms with van der Waals surface area (Å²) in [7, 11) is 1.68. The topological polar surface area (TPSA) is 60.1 Å². The summed E-state index contributed by atoms with van der Waals surface area (Å²) < 4.78 is 11.6. The van der Waals surface area contributed by atoms with Crippen LogP contribution in [0.15, 0.2) is 23.2 Å². The fourth-order valence-corrected chi connectivity index (χ4v) is 4.07. The summed E-state index contributed by atoms with van der Waals surface area (Å²) in [6, 6.07) is 6.03. The molecule has 2 fully saturated rings. The fourth-order valence-electron chi connectivity index (χ4n) is 3.16. The first kappa shape index (κ1) is 20.5. The van der Waals surface area contributed by atoms with E-state index in [2.05, 4.69) is 9.89 Å². The van der Waals surface area contributed by atoms with E-state index < -0.39 is 0 Å². The van der Waals surface area contributed by atoms with Gasteiger partial charge in [-0.05, 0) is 43.4 Å². The van der Waals surface area contributed by atoms with Crippen LogP contribution in [0.4, 0.5) is 0 Å². The lowest BCUT2D eigenvalue weighted by Gasteiger charge is -2.27. The molecule has 1 aromatic rings. The number of thioether (sulfide) groups is 1. The zero-order valence-corrected chi connectivity index (χ0v) is 17.9. The molecule has 0 aromatic heterocycles. The van der Waals surface area contributed by atoms with E-state index in [0.717, 1.165) is 54.5 Å². The quantitative estimate of drug-likeness (QED) is 0.400. The molecule has 0 atom stereocenters. The first-order valence-corrected chi connectivity index (χ1v) is 9.88. The SMILES string of the molecule is COc1ccc(CN=C(N)N2CCSCC2)cc1OC1CCCC1.I. The Hall–Kier alpha value is -0.830. The van der Waals surface area contributed by atoms with Gasteiger partial charge in [0.05, 0.1) is 19.8 Å². The molecular formula is C18H28IN3O2S. The fraction of sp³-hybridized carbons (Fsp3) is 0.611. The van der Waals surface area contributed by atoms with Crippen LogP contribution in [0.25, 0.3) is 0 Å². The molecule has 0 unspecified atom stereocenters. The van der Waals surface area contributed by atoms with E-state index in [4.69, 9.17) is 15.2 Å². The second-order valence-corrected chi connectivity index (χ2v) is 7.51. The molecule has 0 amide bonds.